The van der Waals surface area contributed by atoms with Crippen LogP contribution in [0.5, 0.6) is 11.5 Å². The molecule has 0 aliphatic rings. The van der Waals surface area contributed by atoms with Gasteiger partial charge in [0.25, 0.3) is 0 Å². The first-order valence-corrected chi connectivity index (χ1v) is 6.93. The normalized spacial score (nSPS) is 10.3. The molecule has 1 aromatic carbocycles. The van der Waals surface area contributed by atoms with E-state index in [-0.39, 0.29) is 0 Å². The Hall–Kier alpha value is -2.01. The van der Waals surface area contributed by atoms with Gasteiger partial charge in [-0.3, -0.25) is 0 Å². The van der Waals surface area contributed by atoms with Gasteiger partial charge in [-0.15, -0.1) is 10.2 Å². The van der Waals surface area contributed by atoms with Gasteiger partial charge in [0.05, 0.1) is 14.2 Å². The maximum absolute atomic E-state index is 5.73. The summed E-state index contributed by atoms with van der Waals surface area (Å²) in [4.78, 5) is 2.03. The third-order valence-corrected chi connectivity index (χ3v) is 3.39. The van der Waals surface area contributed by atoms with Crippen molar-refractivity contribution in [1.29, 1.82) is 0 Å². The Balaban J connectivity index is 2.00. The highest BCUT2D eigenvalue weighted by molar-refractivity contribution is 6.29. The molecule has 0 fully saturated rings. The molecule has 1 heterocycles. The van der Waals surface area contributed by atoms with E-state index in [4.69, 9.17) is 21.1 Å². The predicted octanol–water partition coefficient (Wildman–Crippen LogP) is 2.83. The largest absolute Gasteiger partial charge is 0.493 e. The molecule has 0 amide bonds. The fourth-order valence-electron chi connectivity index (χ4n) is 1.96. The number of methoxy groups -OCH3 is 2. The fraction of sp³-hybridized carbons (Fsp3) is 0.333. The smallest absolute Gasteiger partial charge is 0.160 e. The third-order valence-electron chi connectivity index (χ3n) is 3.19. The molecule has 0 saturated heterocycles. The summed E-state index contributed by atoms with van der Waals surface area (Å²) in [5.74, 6) is 2.27. The molecule has 0 atom stereocenters. The van der Waals surface area contributed by atoms with Crippen molar-refractivity contribution in [2.24, 2.45) is 0 Å². The molecule has 0 unspecified atom stereocenters. The van der Waals surface area contributed by atoms with E-state index in [9.17, 15) is 0 Å². The van der Waals surface area contributed by atoms with Gasteiger partial charge in [-0.2, -0.15) is 0 Å². The van der Waals surface area contributed by atoms with Crippen LogP contribution in [0.2, 0.25) is 5.15 Å². The van der Waals surface area contributed by atoms with Gasteiger partial charge in [0, 0.05) is 13.6 Å². The fourth-order valence-corrected chi connectivity index (χ4v) is 2.06. The Morgan fingerprint density at radius 3 is 2.43 bits per heavy atom. The minimum atomic E-state index is 0.395. The molecule has 0 N–H and O–H groups in total. The summed E-state index contributed by atoms with van der Waals surface area (Å²) in [5.41, 5.74) is 1.17. The van der Waals surface area contributed by atoms with Crippen molar-refractivity contribution in [2.45, 2.75) is 6.42 Å². The molecular weight excluding hydrogens is 290 g/mol. The van der Waals surface area contributed by atoms with Crippen LogP contribution in [0.25, 0.3) is 0 Å². The van der Waals surface area contributed by atoms with Gasteiger partial charge in [-0.25, -0.2) is 0 Å². The minimum absolute atomic E-state index is 0.395. The molecule has 0 aliphatic carbocycles. The van der Waals surface area contributed by atoms with E-state index in [1.54, 1.807) is 20.3 Å². The van der Waals surface area contributed by atoms with Gasteiger partial charge in [0.2, 0.25) is 0 Å². The summed E-state index contributed by atoms with van der Waals surface area (Å²) in [6, 6.07) is 9.51. The zero-order valence-corrected chi connectivity index (χ0v) is 13.1. The number of nitrogens with zero attached hydrogens (tertiary/aromatic N) is 3. The Bertz CT molecular complexity index is 590. The highest BCUT2D eigenvalue weighted by atomic mass is 35.5. The Morgan fingerprint density at radius 1 is 1.05 bits per heavy atom. The van der Waals surface area contributed by atoms with Gasteiger partial charge in [-0.05, 0) is 36.2 Å². The van der Waals surface area contributed by atoms with Gasteiger partial charge in [0.15, 0.2) is 22.5 Å². The molecule has 0 aliphatic heterocycles. The highest BCUT2D eigenvalue weighted by Gasteiger charge is 2.07. The molecule has 2 rings (SSSR count). The molecule has 21 heavy (non-hydrogen) atoms. The van der Waals surface area contributed by atoms with Crippen molar-refractivity contribution >= 4 is 17.4 Å². The van der Waals surface area contributed by atoms with E-state index >= 15 is 0 Å². The summed E-state index contributed by atoms with van der Waals surface area (Å²) >= 11 is 5.73. The van der Waals surface area contributed by atoms with Gasteiger partial charge < -0.3 is 14.4 Å². The Kier molecular flexibility index (Phi) is 5.22. The SMILES string of the molecule is COc1ccc(CCN(C)c2ccc(Cl)nn2)cc1OC. The van der Waals surface area contributed by atoms with Crippen molar-refractivity contribution in [2.75, 3.05) is 32.7 Å². The molecule has 2 aromatic rings. The van der Waals surface area contributed by atoms with Crippen LogP contribution < -0.4 is 14.4 Å². The lowest BCUT2D eigenvalue weighted by atomic mass is 10.1. The number of aromatic nitrogens is 2. The van der Waals surface area contributed by atoms with Crippen molar-refractivity contribution in [3.63, 3.8) is 0 Å². The number of likely N-dealkylation sites (N-methyl/N-ethyl adjacent to an activating group) is 1. The second-order valence-corrected chi connectivity index (χ2v) is 4.96. The molecule has 0 bridgehead atoms. The van der Waals surface area contributed by atoms with Crippen LogP contribution in [0.1, 0.15) is 5.56 Å². The average Bonchev–Trinajstić information content (AvgIpc) is 2.52. The first kappa shape index (κ1) is 15.4. The lowest BCUT2D eigenvalue weighted by molar-refractivity contribution is 0.354. The van der Waals surface area contributed by atoms with E-state index in [1.165, 1.54) is 5.56 Å². The number of rotatable bonds is 6. The number of ether oxygens (including phenoxy) is 2. The number of hydrogen-bond donors (Lipinski definition) is 0. The second kappa shape index (κ2) is 7.13. The summed E-state index contributed by atoms with van der Waals surface area (Å²) in [6.07, 6.45) is 0.862. The summed E-state index contributed by atoms with van der Waals surface area (Å²) in [5, 5.41) is 8.29. The predicted molar refractivity (Wildman–Crippen MR) is 83.6 cm³/mol. The molecule has 1 aromatic heterocycles. The minimum Gasteiger partial charge on any atom is -0.493 e. The monoisotopic (exact) mass is 307 g/mol. The summed E-state index contributed by atoms with van der Waals surface area (Å²) < 4.78 is 10.5. The zero-order valence-electron chi connectivity index (χ0n) is 12.3. The first-order chi connectivity index (χ1) is 10.1. The molecule has 5 nitrogen and oxygen atoms in total. The van der Waals surface area contributed by atoms with Crippen LogP contribution in [0, 0.1) is 0 Å². The van der Waals surface area contributed by atoms with E-state index in [1.807, 2.05) is 36.2 Å². The number of anilines is 1. The van der Waals surface area contributed by atoms with Crippen LogP contribution in [0.3, 0.4) is 0 Å². The maximum Gasteiger partial charge on any atom is 0.160 e. The third kappa shape index (κ3) is 3.98. The van der Waals surface area contributed by atoms with Gasteiger partial charge in [-0.1, -0.05) is 17.7 Å². The average molecular weight is 308 g/mol. The van der Waals surface area contributed by atoms with Crippen molar-refractivity contribution in [3.8, 4) is 11.5 Å². The lowest BCUT2D eigenvalue weighted by Gasteiger charge is -2.17. The molecule has 6 heteroatoms. The van der Waals surface area contributed by atoms with Crippen LogP contribution in [-0.2, 0) is 6.42 Å². The second-order valence-electron chi connectivity index (χ2n) is 4.58. The van der Waals surface area contributed by atoms with Gasteiger partial charge in [0.1, 0.15) is 0 Å². The standard InChI is InChI=1S/C15H18ClN3O2/c1-19(15-7-6-14(16)17-18-15)9-8-11-4-5-12(20-2)13(10-11)21-3/h4-7,10H,8-9H2,1-3H3. The summed E-state index contributed by atoms with van der Waals surface area (Å²) in [7, 11) is 5.24. The molecule has 0 spiro atoms. The zero-order chi connectivity index (χ0) is 15.2. The van der Waals surface area contributed by atoms with Crippen LogP contribution in [-0.4, -0.2) is 38.0 Å². The van der Waals surface area contributed by atoms with Crippen molar-refractivity contribution < 1.29 is 9.47 Å². The summed E-state index contributed by atoms with van der Waals surface area (Å²) in [6.45, 7) is 0.811. The van der Waals surface area contributed by atoms with Crippen LogP contribution >= 0.6 is 11.6 Å². The molecule has 0 radical (unpaired) electrons. The Morgan fingerprint density at radius 2 is 1.81 bits per heavy atom. The lowest BCUT2D eigenvalue weighted by Crippen LogP contribution is -2.21. The van der Waals surface area contributed by atoms with Crippen molar-refractivity contribution in [3.05, 3.63) is 41.0 Å². The quantitative estimate of drug-likeness (QED) is 0.821. The molecule has 112 valence electrons. The van der Waals surface area contributed by atoms with E-state index in [0.717, 1.165) is 30.3 Å². The molecular formula is C15H18ClN3O2. The maximum atomic E-state index is 5.73. The Labute approximate surface area is 129 Å². The number of halogens is 1. The first-order valence-electron chi connectivity index (χ1n) is 6.55. The van der Waals surface area contributed by atoms with Crippen LogP contribution in [0.4, 0.5) is 5.82 Å². The van der Waals surface area contributed by atoms with Gasteiger partial charge >= 0.3 is 0 Å². The van der Waals surface area contributed by atoms with E-state index < -0.39 is 0 Å². The van der Waals surface area contributed by atoms with E-state index in [0.29, 0.717) is 5.15 Å². The topological polar surface area (TPSA) is 47.5 Å². The van der Waals surface area contributed by atoms with Crippen molar-refractivity contribution in [1.82, 2.24) is 10.2 Å². The number of hydrogen-bond acceptors (Lipinski definition) is 5. The number of benzene rings is 1. The van der Waals surface area contributed by atoms with Crippen LogP contribution in [0.15, 0.2) is 30.3 Å². The molecule has 0 saturated carbocycles. The highest BCUT2D eigenvalue weighted by Crippen LogP contribution is 2.27. The van der Waals surface area contributed by atoms with E-state index in [2.05, 4.69) is 10.2 Å².